The Morgan fingerprint density at radius 1 is 1.47 bits per heavy atom. The summed E-state index contributed by atoms with van der Waals surface area (Å²) in [4.78, 5) is 11.9. The van der Waals surface area contributed by atoms with Crippen LogP contribution in [0.2, 0.25) is 0 Å². The SMILES string of the molecule is CC(C)(C)OC(=O)c1n[nH]nc1C1CCOC1. The largest absolute Gasteiger partial charge is 0.455 e. The van der Waals surface area contributed by atoms with Gasteiger partial charge in [0, 0.05) is 12.5 Å². The zero-order chi connectivity index (χ0) is 12.5. The Morgan fingerprint density at radius 2 is 2.24 bits per heavy atom. The fraction of sp³-hybridized carbons (Fsp3) is 0.727. The monoisotopic (exact) mass is 239 g/mol. The van der Waals surface area contributed by atoms with E-state index < -0.39 is 11.6 Å². The van der Waals surface area contributed by atoms with Gasteiger partial charge in [-0.05, 0) is 27.2 Å². The van der Waals surface area contributed by atoms with E-state index >= 15 is 0 Å². The van der Waals surface area contributed by atoms with E-state index in [4.69, 9.17) is 9.47 Å². The van der Waals surface area contributed by atoms with E-state index in [1.165, 1.54) is 0 Å². The van der Waals surface area contributed by atoms with Gasteiger partial charge < -0.3 is 9.47 Å². The summed E-state index contributed by atoms with van der Waals surface area (Å²) in [5.74, 6) is -0.301. The summed E-state index contributed by atoms with van der Waals surface area (Å²) in [6.07, 6.45) is 0.863. The average Bonchev–Trinajstić information content (AvgIpc) is 2.85. The molecular formula is C11H17N3O3. The van der Waals surface area contributed by atoms with Gasteiger partial charge in [0.05, 0.1) is 6.61 Å². The molecule has 0 bridgehead atoms. The zero-order valence-electron chi connectivity index (χ0n) is 10.3. The van der Waals surface area contributed by atoms with Crippen LogP contribution in [0.3, 0.4) is 0 Å². The van der Waals surface area contributed by atoms with Crippen LogP contribution in [0, 0.1) is 0 Å². The van der Waals surface area contributed by atoms with Gasteiger partial charge in [-0.1, -0.05) is 0 Å². The molecule has 0 aliphatic carbocycles. The van der Waals surface area contributed by atoms with Gasteiger partial charge in [0.2, 0.25) is 0 Å². The highest BCUT2D eigenvalue weighted by Gasteiger charge is 2.29. The number of nitrogens with one attached hydrogen (secondary N) is 1. The van der Waals surface area contributed by atoms with Crippen molar-refractivity contribution >= 4 is 5.97 Å². The van der Waals surface area contributed by atoms with Crippen molar-refractivity contribution < 1.29 is 14.3 Å². The van der Waals surface area contributed by atoms with Crippen LogP contribution in [0.15, 0.2) is 0 Å². The lowest BCUT2D eigenvalue weighted by atomic mass is 10.0. The topological polar surface area (TPSA) is 77.1 Å². The number of nitrogens with zero attached hydrogens (tertiary/aromatic N) is 2. The van der Waals surface area contributed by atoms with Crippen LogP contribution in [0.4, 0.5) is 0 Å². The summed E-state index contributed by atoms with van der Waals surface area (Å²) >= 11 is 0. The molecule has 2 heterocycles. The molecule has 0 amide bonds. The molecular weight excluding hydrogens is 222 g/mol. The molecule has 1 aromatic rings. The number of esters is 1. The van der Waals surface area contributed by atoms with Crippen molar-refractivity contribution in [2.75, 3.05) is 13.2 Å². The smallest absolute Gasteiger partial charge is 0.361 e. The fourth-order valence-electron chi connectivity index (χ4n) is 1.75. The molecule has 1 aliphatic heterocycles. The lowest BCUT2D eigenvalue weighted by Gasteiger charge is -2.19. The van der Waals surface area contributed by atoms with Crippen LogP contribution in [0.1, 0.15) is 49.3 Å². The summed E-state index contributed by atoms with van der Waals surface area (Å²) in [5.41, 5.74) is 0.395. The third kappa shape index (κ3) is 2.82. The van der Waals surface area contributed by atoms with Gasteiger partial charge >= 0.3 is 5.97 Å². The average molecular weight is 239 g/mol. The number of ether oxygens (including phenoxy) is 2. The summed E-state index contributed by atoms with van der Waals surface area (Å²) in [6, 6.07) is 0. The summed E-state index contributed by atoms with van der Waals surface area (Å²) in [7, 11) is 0. The van der Waals surface area contributed by atoms with Gasteiger partial charge in [-0.15, -0.1) is 5.10 Å². The van der Waals surface area contributed by atoms with Gasteiger partial charge in [-0.3, -0.25) is 0 Å². The maximum Gasteiger partial charge on any atom is 0.361 e. The minimum Gasteiger partial charge on any atom is -0.455 e. The maximum absolute atomic E-state index is 11.9. The second kappa shape index (κ2) is 4.44. The van der Waals surface area contributed by atoms with Crippen LogP contribution in [-0.4, -0.2) is 40.2 Å². The Kier molecular flexibility index (Phi) is 3.15. The van der Waals surface area contributed by atoms with E-state index in [1.807, 2.05) is 20.8 Å². The highest BCUT2D eigenvalue weighted by Crippen LogP contribution is 2.26. The van der Waals surface area contributed by atoms with Crippen LogP contribution < -0.4 is 0 Å². The molecule has 94 valence electrons. The molecule has 1 aliphatic rings. The Hall–Kier alpha value is -1.43. The van der Waals surface area contributed by atoms with Crippen molar-refractivity contribution in [3.8, 4) is 0 Å². The number of H-pyrrole nitrogens is 1. The molecule has 1 saturated heterocycles. The van der Waals surface area contributed by atoms with Crippen molar-refractivity contribution in [2.24, 2.45) is 0 Å². The molecule has 2 rings (SSSR count). The third-order valence-electron chi connectivity index (χ3n) is 2.48. The second-order valence-electron chi connectivity index (χ2n) is 5.12. The van der Waals surface area contributed by atoms with Gasteiger partial charge in [-0.25, -0.2) is 4.79 Å². The van der Waals surface area contributed by atoms with Gasteiger partial charge in [-0.2, -0.15) is 10.3 Å². The number of carbonyl (C=O) groups excluding carboxylic acids is 1. The van der Waals surface area contributed by atoms with Crippen LogP contribution in [-0.2, 0) is 9.47 Å². The number of hydrogen-bond acceptors (Lipinski definition) is 5. The van der Waals surface area contributed by atoms with E-state index in [2.05, 4.69) is 15.4 Å². The summed E-state index contributed by atoms with van der Waals surface area (Å²) < 4.78 is 10.6. The third-order valence-corrected chi connectivity index (χ3v) is 2.48. The molecule has 6 heteroatoms. The predicted octanol–water partition coefficient (Wildman–Crippen LogP) is 1.26. The lowest BCUT2D eigenvalue weighted by Crippen LogP contribution is -2.25. The van der Waals surface area contributed by atoms with E-state index in [0.29, 0.717) is 18.9 Å². The Bertz CT molecular complexity index is 402. The first-order valence-electron chi connectivity index (χ1n) is 5.69. The minimum absolute atomic E-state index is 0.135. The quantitative estimate of drug-likeness (QED) is 0.786. The van der Waals surface area contributed by atoms with Crippen molar-refractivity contribution in [1.29, 1.82) is 0 Å². The predicted molar refractivity (Wildman–Crippen MR) is 59.7 cm³/mol. The van der Waals surface area contributed by atoms with E-state index in [9.17, 15) is 4.79 Å². The van der Waals surface area contributed by atoms with Crippen molar-refractivity contribution in [2.45, 2.75) is 38.7 Å². The van der Waals surface area contributed by atoms with E-state index in [1.54, 1.807) is 0 Å². The molecule has 0 radical (unpaired) electrons. The number of aromatic nitrogens is 3. The molecule has 1 N–H and O–H groups in total. The Balaban J connectivity index is 2.15. The van der Waals surface area contributed by atoms with Crippen LogP contribution in [0.25, 0.3) is 0 Å². The molecule has 1 atom stereocenters. The van der Waals surface area contributed by atoms with Crippen molar-refractivity contribution in [3.05, 3.63) is 11.4 Å². The van der Waals surface area contributed by atoms with E-state index in [0.717, 1.165) is 6.42 Å². The molecule has 1 unspecified atom stereocenters. The van der Waals surface area contributed by atoms with Crippen molar-refractivity contribution in [3.63, 3.8) is 0 Å². The molecule has 17 heavy (non-hydrogen) atoms. The number of aromatic amines is 1. The first-order valence-corrected chi connectivity index (χ1v) is 5.69. The number of carbonyl (C=O) groups is 1. The normalized spacial score (nSPS) is 20.5. The molecule has 1 aromatic heterocycles. The molecule has 1 fully saturated rings. The van der Waals surface area contributed by atoms with Crippen LogP contribution >= 0.6 is 0 Å². The summed E-state index contributed by atoms with van der Waals surface area (Å²) in [5, 5.41) is 10.4. The molecule has 0 aromatic carbocycles. The molecule has 6 nitrogen and oxygen atoms in total. The second-order valence-corrected chi connectivity index (χ2v) is 5.12. The van der Waals surface area contributed by atoms with Gasteiger partial charge in [0.1, 0.15) is 11.3 Å². The molecule has 0 spiro atoms. The Morgan fingerprint density at radius 3 is 2.82 bits per heavy atom. The highest BCUT2D eigenvalue weighted by molar-refractivity contribution is 5.88. The Labute approximate surface area is 99.7 Å². The minimum atomic E-state index is -0.528. The summed E-state index contributed by atoms with van der Waals surface area (Å²) in [6.45, 7) is 6.75. The fourth-order valence-corrected chi connectivity index (χ4v) is 1.75. The first-order chi connectivity index (χ1) is 7.97. The van der Waals surface area contributed by atoms with Gasteiger partial charge in [0.25, 0.3) is 0 Å². The number of rotatable bonds is 2. The van der Waals surface area contributed by atoms with E-state index in [-0.39, 0.29) is 11.6 Å². The first kappa shape index (κ1) is 12.0. The van der Waals surface area contributed by atoms with Gasteiger partial charge in [0.15, 0.2) is 5.69 Å². The molecule has 0 saturated carbocycles. The lowest BCUT2D eigenvalue weighted by molar-refractivity contribution is 0.00610. The highest BCUT2D eigenvalue weighted by atomic mass is 16.6. The zero-order valence-corrected chi connectivity index (χ0v) is 10.3. The maximum atomic E-state index is 11.9. The van der Waals surface area contributed by atoms with Crippen LogP contribution in [0.5, 0.6) is 0 Å². The standard InChI is InChI=1S/C11H17N3O3/c1-11(2,3)17-10(15)9-8(12-14-13-9)7-4-5-16-6-7/h7H,4-6H2,1-3H3,(H,12,13,14). The van der Waals surface area contributed by atoms with Crippen molar-refractivity contribution in [1.82, 2.24) is 15.4 Å². The number of hydrogen-bond donors (Lipinski definition) is 1.